The molecule has 0 aliphatic carbocycles. The molecule has 0 fully saturated rings. The average Bonchev–Trinajstić information content (AvgIpc) is 3.41. The number of nitrogens with zero attached hydrogens (tertiary/aromatic N) is 2. The number of phenols is 1. The highest BCUT2D eigenvalue weighted by molar-refractivity contribution is 7.14. The summed E-state index contributed by atoms with van der Waals surface area (Å²) in [5, 5.41) is 15.9. The summed E-state index contributed by atoms with van der Waals surface area (Å²) >= 11 is 1.20. The molecule has 208 valence electrons. The summed E-state index contributed by atoms with van der Waals surface area (Å²) in [4.78, 5) is 44.2. The van der Waals surface area contributed by atoms with E-state index in [1.807, 2.05) is 24.3 Å². The number of rotatable bonds is 10. The molecule has 0 bridgehead atoms. The molecule has 9 heteroatoms. The van der Waals surface area contributed by atoms with E-state index in [1.165, 1.54) is 23.0 Å². The highest BCUT2D eigenvalue weighted by Crippen LogP contribution is 2.30. The van der Waals surface area contributed by atoms with Gasteiger partial charge in [-0.2, -0.15) is 0 Å². The first kappa shape index (κ1) is 27.6. The Bertz CT molecular complexity index is 1590. The molecule has 2 amide bonds. The number of aromatic hydroxyl groups is 1. The molecule has 0 saturated heterocycles. The summed E-state index contributed by atoms with van der Waals surface area (Å²) in [6.45, 7) is 3.38. The van der Waals surface area contributed by atoms with Crippen molar-refractivity contribution in [2.75, 3.05) is 11.9 Å². The number of carbonyl (C=O) groups is 2. The number of hydrogen-bond acceptors (Lipinski definition) is 7. The van der Waals surface area contributed by atoms with Crippen molar-refractivity contribution in [2.45, 2.75) is 64.8 Å². The van der Waals surface area contributed by atoms with Crippen molar-refractivity contribution in [3.05, 3.63) is 75.0 Å². The minimum Gasteiger partial charge on any atom is -0.508 e. The first-order chi connectivity index (χ1) is 19.4. The maximum Gasteiger partial charge on any atom is 0.345 e. The van der Waals surface area contributed by atoms with Gasteiger partial charge in [0.25, 0.3) is 0 Å². The lowest BCUT2D eigenvalue weighted by atomic mass is 9.99. The Hall–Kier alpha value is -3.98. The highest BCUT2D eigenvalue weighted by atomic mass is 32.1. The molecular formula is C31H33N3O5S. The Kier molecular flexibility index (Phi) is 8.60. The largest absolute Gasteiger partial charge is 0.508 e. The van der Waals surface area contributed by atoms with Crippen molar-refractivity contribution in [1.82, 2.24) is 9.88 Å². The van der Waals surface area contributed by atoms with E-state index in [0.29, 0.717) is 34.9 Å². The molecule has 1 aliphatic rings. The number of benzene rings is 2. The first-order valence-electron chi connectivity index (χ1n) is 13.8. The van der Waals surface area contributed by atoms with E-state index < -0.39 is 5.63 Å². The summed E-state index contributed by atoms with van der Waals surface area (Å²) in [5.74, 6) is -0.225. The Morgan fingerprint density at radius 1 is 1.10 bits per heavy atom. The highest BCUT2D eigenvalue weighted by Gasteiger charge is 2.21. The average molecular weight is 560 g/mol. The molecule has 0 atom stereocenters. The van der Waals surface area contributed by atoms with Gasteiger partial charge < -0.3 is 19.7 Å². The van der Waals surface area contributed by atoms with Crippen LogP contribution in [-0.4, -0.2) is 33.3 Å². The summed E-state index contributed by atoms with van der Waals surface area (Å²) in [7, 11) is 0. The van der Waals surface area contributed by atoms with Crippen LogP contribution in [0, 0.1) is 0 Å². The SMILES string of the molecule is CCCCCCc1cc2cc(-c3csc(NC(=O)CCC(=O)N4CCc5ccccc5C4)n3)c(=O)oc2cc1O. The molecule has 40 heavy (non-hydrogen) atoms. The minimum atomic E-state index is -0.570. The van der Waals surface area contributed by atoms with Gasteiger partial charge >= 0.3 is 5.63 Å². The van der Waals surface area contributed by atoms with Gasteiger partial charge in [-0.15, -0.1) is 11.3 Å². The number of aryl methyl sites for hydroxylation is 1. The third-order valence-corrected chi connectivity index (χ3v) is 8.07. The number of thiazole rings is 1. The molecule has 0 spiro atoms. The van der Waals surface area contributed by atoms with Crippen molar-refractivity contribution in [1.29, 1.82) is 0 Å². The zero-order valence-electron chi connectivity index (χ0n) is 22.6. The summed E-state index contributed by atoms with van der Waals surface area (Å²) in [6, 6.07) is 13.2. The summed E-state index contributed by atoms with van der Waals surface area (Å²) in [5.41, 5.74) is 3.67. The summed E-state index contributed by atoms with van der Waals surface area (Å²) in [6.07, 6.45) is 6.10. The fourth-order valence-corrected chi connectivity index (χ4v) is 5.77. The molecule has 5 rings (SSSR count). The number of carbonyl (C=O) groups excluding carboxylic acids is 2. The summed E-state index contributed by atoms with van der Waals surface area (Å²) < 4.78 is 5.48. The van der Waals surface area contributed by atoms with Crippen molar-refractivity contribution in [3.63, 3.8) is 0 Å². The van der Waals surface area contributed by atoms with Crippen LogP contribution in [-0.2, 0) is 29.0 Å². The number of nitrogens with one attached hydrogen (secondary N) is 1. The Labute approximate surface area is 236 Å². The second kappa shape index (κ2) is 12.5. The second-order valence-electron chi connectivity index (χ2n) is 10.2. The van der Waals surface area contributed by atoms with Gasteiger partial charge in [0, 0.05) is 42.8 Å². The lowest BCUT2D eigenvalue weighted by Crippen LogP contribution is -2.36. The number of anilines is 1. The molecule has 0 unspecified atom stereocenters. The zero-order valence-corrected chi connectivity index (χ0v) is 23.4. The number of amides is 2. The topological polar surface area (TPSA) is 113 Å². The number of phenolic OH excluding ortho intramolecular Hbond substituents is 1. The number of fused-ring (bicyclic) bond motifs is 2. The van der Waals surface area contributed by atoms with Crippen molar-refractivity contribution in [2.24, 2.45) is 0 Å². The van der Waals surface area contributed by atoms with E-state index in [-0.39, 0.29) is 36.0 Å². The first-order valence-corrected chi connectivity index (χ1v) is 14.7. The molecule has 2 N–H and O–H groups in total. The number of hydrogen-bond donors (Lipinski definition) is 2. The third kappa shape index (κ3) is 6.42. The van der Waals surface area contributed by atoms with E-state index in [2.05, 4.69) is 23.3 Å². The fraction of sp³-hybridized carbons (Fsp3) is 0.355. The molecule has 2 aromatic heterocycles. The molecule has 8 nitrogen and oxygen atoms in total. The minimum absolute atomic E-state index is 0.0472. The van der Waals surface area contributed by atoms with Crippen LogP contribution < -0.4 is 10.9 Å². The Morgan fingerprint density at radius 2 is 1.93 bits per heavy atom. The van der Waals surface area contributed by atoms with Gasteiger partial charge in [-0.25, -0.2) is 9.78 Å². The normalized spacial score (nSPS) is 12.9. The van der Waals surface area contributed by atoms with E-state index in [4.69, 9.17) is 4.42 Å². The molecular weight excluding hydrogens is 526 g/mol. The van der Waals surface area contributed by atoms with Gasteiger partial charge in [-0.05, 0) is 48.1 Å². The van der Waals surface area contributed by atoms with Crippen LogP contribution in [0.1, 0.15) is 62.1 Å². The maximum absolute atomic E-state index is 12.7. The van der Waals surface area contributed by atoms with Crippen LogP contribution in [0.3, 0.4) is 0 Å². The van der Waals surface area contributed by atoms with E-state index in [1.54, 1.807) is 16.3 Å². The lowest BCUT2D eigenvalue weighted by Gasteiger charge is -2.28. The zero-order chi connectivity index (χ0) is 28.1. The Morgan fingerprint density at radius 3 is 2.75 bits per heavy atom. The molecule has 0 saturated carbocycles. The second-order valence-corrected chi connectivity index (χ2v) is 11.1. The predicted molar refractivity (Wildman–Crippen MR) is 157 cm³/mol. The molecule has 0 radical (unpaired) electrons. The van der Waals surface area contributed by atoms with Crippen LogP contribution in [0.2, 0.25) is 0 Å². The molecule has 2 aromatic carbocycles. The van der Waals surface area contributed by atoms with Crippen LogP contribution in [0.15, 0.2) is 57.1 Å². The maximum atomic E-state index is 12.7. The van der Waals surface area contributed by atoms with Crippen LogP contribution in [0.5, 0.6) is 5.75 Å². The van der Waals surface area contributed by atoms with Gasteiger partial charge in [-0.1, -0.05) is 50.5 Å². The number of aromatic nitrogens is 1. The van der Waals surface area contributed by atoms with Gasteiger partial charge in [0.05, 0.1) is 11.3 Å². The third-order valence-electron chi connectivity index (χ3n) is 7.31. The standard InChI is InChI=1S/C31H33N3O5S/c1-2-3-4-5-9-21-15-23-16-24(30(38)39-27(23)17-26(21)35)25-19-40-31(32-25)33-28(36)11-12-29(37)34-14-13-20-8-6-7-10-22(20)18-34/h6-8,10,15-17,19,35H,2-5,9,11-14,18H2,1H3,(H,32,33,36). The van der Waals surface area contributed by atoms with E-state index >= 15 is 0 Å². The lowest BCUT2D eigenvalue weighted by molar-refractivity contribution is -0.133. The van der Waals surface area contributed by atoms with Crippen molar-refractivity contribution >= 4 is 39.3 Å². The predicted octanol–water partition coefficient (Wildman–Crippen LogP) is 6.05. The van der Waals surface area contributed by atoms with Crippen LogP contribution >= 0.6 is 11.3 Å². The van der Waals surface area contributed by atoms with Crippen molar-refractivity contribution in [3.8, 4) is 17.0 Å². The van der Waals surface area contributed by atoms with Crippen LogP contribution in [0.4, 0.5) is 5.13 Å². The van der Waals surface area contributed by atoms with Gasteiger partial charge in [0.2, 0.25) is 11.8 Å². The molecule has 4 aromatic rings. The van der Waals surface area contributed by atoms with Gasteiger partial charge in [-0.3, -0.25) is 9.59 Å². The van der Waals surface area contributed by atoms with Gasteiger partial charge in [0.1, 0.15) is 11.3 Å². The fourth-order valence-electron chi connectivity index (χ4n) is 5.05. The molecule has 1 aliphatic heterocycles. The van der Waals surface area contributed by atoms with Crippen molar-refractivity contribution < 1.29 is 19.1 Å². The Balaban J connectivity index is 1.21. The van der Waals surface area contributed by atoms with Crippen LogP contribution in [0.25, 0.3) is 22.2 Å². The molecule has 3 heterocycles. The van der Waals surface area contributed by atoms with E-state index in [0.717, 1.165) is 49.7 Å². The smallest absolute Gasteiger partial charge is 0.345 e. The van der Waals surface area contributed by atoms with E-state index in [9.17, 15) is 19.5 Å². The quantitative estimate of drug-likeness (QED) is 0.181. The monoisotopic (exact) mass is 559 g/mol. The van der Waals surface area contributed by atoms with Gasteiger partial charge in [0.15, 0.2) is 5.13 Å². The number of unbranched alkanes of at least 4 members (excludes halogenated alkanes) is 3.